The summed E-state index contributed by atoms with van der Waals surface area (Å²) in [6, 6.07) is 2.44. The number of allylic oxidation sites excluding steroid dienone is 3. The van der Waals surface area contributed by atoms with Crippen LogP contribution in [0.4, 0.5) is 19.3 Å². The highest BCUT2D eigenvalue weighted by atomic mass is 19.3. The molecule has 100 valence electrons. The largest absolute Gasteiger partial charge is 0.417 e. The van der Waals surface area contributed by atoms with Gasteiger partial charge in [-0.3, -0.25) is 10.3 Å². The van der Waals surface area contributed by atoms with E-state index in [1.807, 2.05) is 0 Å². The Morgan fingerprint density at radius 1 is 1.47 bits per heavy atom. The van der Waals surface area contributed by atoms with Crippen molar-refractivity contribution in [3.05, 3.63) is 61.2 Å². The van der Waals surface area contributed by atoms with E-state index < -0.39 is 18.2 Å². The lowest BCUT2D eigenvalue weighted by atomic mass is 10.3. The number of hydrogen-bond acceptors (Lipinski definition) is 3. The van der Waals surface area contributed by atoms with Gasteiger partial charge in [-0.05, 0) is 24.3 Å². The van der Waals surface area contributed by atoms with Gasteiger partial charge in [0, 0.05) is 11.9 Å². The number of alkyl halides is 2. The molecule has 0 aliphatic carbocycles. The highest BCUT2D eigenvalue weighted by Gasteiger charge is 2.11. The smallest absolute Gasteiger partial charge is 0.410 e. The molecule has 19 heavy (non-hydrogen) atoms. The van der Waals surface area contributed by atoms with E-state index in [2.05, 4.69) is 23.5 Å². The Morgan fingerprint density at radius 3 is 2.79 bits per heavy atom. The van der Waals surface area contributed by atoms with Crippen LogP contribution >= 0.6 is 0 Å². The number of halogens is 2. The number of aromatic nitrogens is 1. The molecule has 1 aromatic rings. The number of amides is 1. The minimum atomic E-state index is -2.71. The number of pyridine rings is 1. The number of nitrogens with zero attached hydrogens (tertiary/aromatic N) is 1. The lowest BCUT2D eigenvalue weighted by molar-refractivity contribution is 0.146. The second-order valence-electron chi connectivity index (χ2n) is 3.29. The van der Waals surface area contributed by atoms with Crippen molar-refractivity contribution in [3.8, 4) is 0 Å². The molecule has 1 heterocycles. The fraction of sp³-hybridized carbons (Fsp3) is 0.0769. The molecule has 6 heteroatoms. The molecule has 0 unspecified atom stereocenters. The first-order chi connectivity index (χ1) is 9.06. The van der Waals surface area contributed by atoms with Crippen LogP contribution in [0.15, 0.2) is 55.5 Å². The highest BCUT2D eigenvalue weighted by Crippen LogP contribution is 2.19. The maximum Gasteiger partial charge on any atom is 0.417 e. The average molecular weight is 266 g/mol. The van der Waals surface area contributed by atoms with E-state index in [1.54, 1.807) is 0 Å². The van der Waals surface area contributed by atoms with Crippen molar-refractivity contribution in [1.29, 1.82) is 0 Å². The molecule has 4 nitrogen and oxygen atoms in total. The first kappa shape index (κ1) is 14.6. The maximum absolute atomic E-state index is 12.4. The third-order valence-electron chi connectivity index (χ3n) is 1.94. The Kier molecular flexibility index (Phi) is 5.40. The van der Waals surface area contributed by atoms with Gasteiger partial charge in [-0.1, -0.05) is 19.2 Å². The van der Waals surface area contributed by atoms with E-state index >= 15 is 0 Å². The molecule has 1 aromatic heterocycles. The zero-order valence-electron chi connectivity index (χ0n) is 9.98. The highest BCUT2D eigenvalue weighted by molar-refractivity contribution is 5.85. The number of nitrogens with one attached hydrogen (secondary N) is 1. The van der Waals surface area contributed by atoms with Gasteiger partial charge in [-0.25, -0.2) is 13.6 Å². The van der Waals surface area contributed by atoms with Crippen molar-refractivity contribution in [2.24, 2.45) is 0 Å². The third kappa shape index (κ3) is 4.71. The van der Waals surface area contributed by atoms with E-state index in [0.29, 0.717) is 0 Å². The van der Waals surface area contributed by atoms with Crippen LogP contribution in [0.1, 0.15) is 12.1 Å². The van der Waals surface area contributed by atoms with Gasteiger partial charge in [0.05, 0.1) is 0 Å². The SMILES string of the molecule is C=C/C=C(\C=C)OC(=O)Nc1ccnc(C(F)F)c1. The molecule has 0 fully saturated rings. The lowest BCUT2D eigenvalue weighted by Crippen LogP contribution is -2.13. The Bertz CT molecular complexity index is 513. The van der Waals surface area contributed by atoms with E-state index in [-0.39, 0.29) is 11.4 Å². The van der Waals surface area contributed by atoms with Crippen LogP contribution in [-0.4, -0.2) is 11.1 Å². The van der Waals surface area contributed by atoms with Gasteiger partial charge in [0.1, 0.15) is 11.5 Å². The van der Waals surface area contributed by atoms with Crippen LogP contribution in [0.2, 0.25) is 0 Å². The van der Waals surface area contributed by atoms with Crippen LogP contribution in [0.3, 0.4) is 0 Å². The molecule has 0 bridgehead atoms. The molecule has 1 rings (SSSR count). The van der Waals surface area contributed by atoms with E-state index in [9.17, 15) is 13.6 Å². The number of carbonyl (C=O) groups is 1. The molecule has 1 amide bonds. The van der Waals surface area contributed by atoms with Crippen molar-refractivity contribution >= 4 is 11.8 Å². The van der Waals surface area contributed by atoms with Gasteiger partial charge in [-0.15, -0.1) is 0 Å². The van der Waals surface area contributed by atoms with Crippen LogP contribution in [0.25, 0.3) is 0 Å². The van der Waals surface area contributed by atoms with Crippen molar-refractivity contribution in [3.63, 3.8) is 0 Å². The van der Waals surface area contributed by atoms with Gasteiger partial charge in [-0.2, -0.15) is 0 Å². The molecule has 1 N–H and O–H groups in total. The first-order valence-electron chi connectivity index (χ1n) is 5.25. The lowest BCUT2D eigenvalue weighted by Gasteiger charge is -2.07. The van der Waals surface area contributed by atoms with Gasteiger partial charge in [0.15, 0.2) is 0 Å². The topological polar surface area (TPSA) is 51.2 Å². The zero-order chi connectivity index (χ0) is 14.3. The molecule has 0 aliphatic rings. The van der Waals surface area contributed by atoms with Crippen LogP contribution in [0.5, 0.6) is 0 Å². The Labute approximate surface area is 109 Å². The zero-order valence-corrected chi connectivity index (χ0v) is 9.98. The number of hydrogen-bond donors (Lipinski definition) is 1. The van der Waals surface area contributed by atoms with Gasteiger partial charge >= 0.3 is 6.09 Å². The fourth-order valence-corrected chi connectivity index (χ4v) is 1.16. The summed E-state index contributed by atoms with van der Waals surface area (Å²) in [4.78, 5) is 14.9. The van der Waals surface area contributed by atoms with Crippen LogP contribution < -0.4 is 5.32 Å². The summed E-state index contributed by atoms with van der Waals surface area (Å²) < 4.78 is 29.7. The summed E-state index contributed by atoms with van der Waals surface area (Å²) in [6.07, 6.45) is 1.82. The van der Waals surface area contributed by atoms with E-state index in [4.69, 9.17) is 4.74 Å². The number of ether oxygens (including phenoxy) is 1. The molecule has 0 aromatic carbocycles. The Hall–Kier alpha value is -2.50. The fourth-order valence-electron chi connectivity index (χ4n) is 1.16. The van der Waals surface area contributed by atoms with Crippen molar-refractivity contribution in [1.82, 2.24) is 4.98 Å². The Balaban J connectivity index is 2.71. The molecular weight excluding hydrogens is 254 g/mol. The summed E-state index contributed by atoms with van der Waals surface area (Å²) >= 11 is 0. The molecular formula is C13H12F2N2O2. The normalized spacial score (nSPS) is 11.0. The van der Waals surface area contributed by atoms with Crippen molar-refractivity contribution < 1.29 is 18.3 Å². The second-order valence-corrected chi connectivity index (χ2v) is 3.29. The monoisotopic (exact) mass is 266 g/mol. The van der Waals surface area contributed by atoms with Gasteiger partial charge < -0.3 is 4.74 Å². The van der Waals surface area contributed by atoms with Crippen molar-refractivity contribution in [2.45, 2.75) is 6.43 Å². The summed E-state index contributed by atoms with van der Waals surface area (Å²) in [5.74, 6) is 0.190. The van der Waals surface area contributed by atoms with Crippen molar-refractivity contribution in [2.75, 3.05) is 5.32 Å². The average Bonchev–Trinajstić information content (AvgIpc) is 2.38. The predicted molar refractivity (Wildman–Crippen MR) is 67.8 cm³/mol. The van der Waals surface area contributed by atoms with Crippen LogP contribution in [-0.2, 0) is 4.74 Å². The summed E-state index contributed by atoms with van der Waals surface area (Å²) in [5.41, 5.74) is -0.263. The second kappa shape index (κ2) is 7.05. The van der Waals surface area contributed by atoms with Gasteiger partial charge in [0.2, 0.25) is 0 Å². The third-order valence-corrected chi connectivity index (χ3v) is 1.94. The summed E-state index contributed by atoms with van der Waals surface area (Å²) in [6.45, 7) is 6.89. The number of rotatable bonds is 5. The number of anilines is 1. The number of carbonyl (C=O) groups excluding carboxylic acids is 1. The van der Waals surface area contributed by atoms with Crippen LogP contribution in [0, 0.1) is 0 Å². The maximum atomic E-state index is 12.4. The molecule has 0 atom stereocenters. The Morgan fingerprint density at radius 2 is 2.21 bits per heavy atom. The van der Waals surface area contributed by atoms with E-state index in [1.165, 1.54) is 30.5 Å². The standard InChI is InChI=1S/C13H12F2N2O2/c1-3-5-10(4-2)19-13(18)17-9-6-7-16-11(8-9)12(14)15/h3-8,12H,1-2H2,(H,16,17,18)/b10-5+. The molecule has 0 radical (unpaired) electrons. The molecule has 0 spiro atoms. The minimum Gasteiger partial charge on any atom is -0.410 e. The quantitative estimate of drug-likeness (QED) is 0.651. The predicted octanol–water partition coefficient (Wildman–Crippen LogP) is 3.82. The molecule has 0 saturated heterocycles. The molecule has 0 aliphatic heterocycles. The summed E-state index contributed by atoms with van der Waals surface area (Å²) in [5, 5.41) is 2.30. The first-order valence-corrected chi connectivity index (χ1v) is 5.25. The van der Waals surface area contributed by atoms with E-state index in [0.717, 1.165) is 6.07 Å². The minimum absolute atomic E-state index is 0.164. The summed E-state index contributed by atoms with van der Waals surface area (Å²) in [7, 11) is 0. The molecule has 0 saturated carbocycles. The van der Waals surface area contributed by atoms with Gasteiger partial charge in [0.25, 0.3) is 6.43 Å².